The van der Waals surface area contributed by atoms with Crippen LogP contribution in [0.25, 0.3) is 0 Å². The molecule has 0 radical (unpaired) electrons. The number of hydrogen-bond acceptors (Lipinski definition) is 2. The summed E-state index contributed by atoms with van der Waals surface area (Å²) in [7, 11) is -1.55. The molecule has 4 aliphatic rings. The van der Waals surface area contributed by atoms with Crippen LogP contribution in [0.4, 0.5) is 0 Å². The molecule has 0 bridgehead atoms. The van der Waals surface area contributed by atoms with Crippen LogP contribution < -0.4 is 0 Å². The zero-order chi connectivity index (χ0) is 19.0. The third kappa shape index (κ3) is 2.70. The molecule has 0 aromatic rings. The van der Waals surface area contributed by atoms with Crippen molar-refractivity contribution in [3.05, 3.63) is 0 Å². The molecule has 0 saturated heterocycles. The lowest BCUT2D eigenvalue weighted by molar-refractivity contribution is -0.149. The van der Waals surface area contributed by atoms with Gasteiger partial charge in [-0.2, -0.15) is 0 Å². The zero-order valence-corrected chi connectivity index (χ0v) is 19.0. The van der Waals surface area contributed by atoms with Crippen LogP contribution in [0, 0.1) is 34.5 Å². The maximum absolute atomic E-state index is 12.1. The first kappa shape index (κ1) is 19.2. The molecular weight excluding hydrogens is 336 g/mol. The Bertz CT molecular complexity index is 596. The molecule has 0 aliphatic heterocycles. The van der Waals surface area contributed by atoms with Crippen molar-refractivity contribution in [1.29, 1.82) is 0 Å². The minimum atomic E-state index is -1.55. The molecule has 4 fully saturated rings. The molecule has 2 nitrogen and oxygen atoms in total. The summed E-state index contributed by atoms with van der Waals surface area (Å²) in [5.41, 5.74) is 0.853. The van der Waals surface area contributed by atoms with Gasteiger partial charge in [-0.3, -0.25) is 4.79 Å². The van der Waals surface area contributed by atoms with Crippen molar-refractivity contribution < 1.29 is 9.22 Å². The maximum atomic E-state index is 12.1. The van der Waals surface area contributed by atoms with Gasteiger partial charge in [0.15, 0.2) is 8.32 Å². The molecule has 0 aromatic heterocycles. The fourth-order valence-corrected chi connectivity index (χ4v) is 9.80. The SMILES string of the molecule is CC12CCC(=O)C[C@@H]1CCC1C2CCC2(C)C1CC[C@@]2(C)O[Si](C)(C)C. The molecule has 7 atom stereocenters. The van der Waals surface area contributed by atoms with E-state index in [9.17, 15) is 4.79 Å². The van der Waals surface area contributed by atoms with Gasteiger partial charge in [0.2, 0.25) is 0 Å². The first-order valence-electron chi connectivity index (χ1n) is 11.2. The van der Waals surface area contributed by atoms with Gasteiger partial charge in [0.1, 0.15) is 5.78 Å². The van der Waals surface area contributed by atoms with Crippen LogP contribution in [-0.4, -0.2) is 19.7 Å². The van der Waals surface area contributed by atoms with E-state index in [1.165, 1.54) is 38.5 Å². The fourth-order valence-electron chi connectivity index (χ4n) is 8.11. The first-order valence-corrected chi connectivity index (χ1v) is 14.6. The molecule has 0 aromatic carbocycles. The molecule has 0 N–H and O–H groups in total. The third-order valence-electron chi connectivity index (χ3n) is 9.54. The number of rotatable bonds is 2. The van der Waals surface area contributed by atoms with Crippen LogP contribution in [0.5, 0.6) is 0 Å². The van der Waals surface area contributed by atoms with Crippen molar-refractivity contribution in [1.82, 2.24) is 0 Å². The van der Waals surface area contributed by atoms with Crippen molar-refractivity contribution in [3.8, 4) is 0 Å². The number of hydrogen-bond donors (Lipinski definition) is 0. The highest BCUT2D eigenvalue weighted by molar-refractivity contribution is 6.69. The average Bonchev–Trinajstić information content (AvgIpc) is 2.77. The van der Waals surface area contributed by atoms with Crippen LogP contribution in [-0.2, 0) is 9.22 Å². The van der Waals surface area contributed by atoms with Gasteiger partial charge in [0.05, 0.1) is 5.60 Å². The second kappa shape index (κ2) is 5.92. The van der Waals surface area contributed by atoms with Crippen molar-refractivity contribution in [2.75, 3.05) is 0 Å². The lowest BCUT2D eigenvalue weighted by atomic mass is 9.44. The molecule has 3 heteroatoms. The van der Waals surface area contributed by atoms with E-state index in [0.717, 1.165) is 37.0 Å². The van der Waals surface area contributed by atoms with Crippen LogP contribution in [0.3, 0.4) is 0 Å². The number of Topliss-reactive ketones (excluding diaryl/α,β-unsaturated/α-hetero) is 1. The Balaban J connectivity index is 1.61. The molecule has 4 saturated carbocycles. The summed E-state index contributed by atoms with van der Waals surface area (Å²) >= 11 is 0. The normalized spacial score (nSPS) is 51.5. The summed E-state index contributed by atoms with van der Waals surface area (Å²) in [6.07, 6.45) is 10.8. The highest BCUT2D eigenvalue weighted by atomic mass is 28.4. The summed E-state index contributed by atoms with van der Waals surface area (Å²) in [5.74, 6) is 3.75. The smallest absolute Gasteiger partial charge is 0.184 e. The number of fused-ring (bicyclic) bond motifs is 5. The Labute approximate surface area is 162 Å². The molecule has 4 aliphatic carbocycles. The largest absolute Gasteiger partial charge is 0.412 e. The van der Waals surface area contributed by atoms with Gasteiger partial charge in [-0.15, -0.1) is 0 Å². The lowest BCUT2D eigenvalue weighted by Crippen LogP contribution is -2.57. The quantitative estimate of drug-likeness (QED) is 0.536. The van der Waals surface area contributed by atoms with E-state index in [2.05, 4.69) is 40.4 Å². The van der Waals surface area contributed by atoms with Gasteiger partial charge in [-0.05, 0) is 106 Å². The highest BCUT2D eigenvalue weighted by Gasteiger charge is 2.64. The number of ketones is 1. The van der Waals surface area contributed by atoms with E-state index in [-0.39, 0.29) is 5.60 Å². The van der Waals surface area contributed by atoms with Gasteiger partial charge in [0, 0.05) is 12.8 Å². The van der Waals surface area contributed by atoms with Gasteiger partial charge in [0.25, 0.3) is 0 Å². The van der Waals surface area contributed by atoms with Crippen molar-refractivity contribution in [2.45, 2.75) is 104 Å². The minimum absolute atomic E-state index is 0.0768. The molecule has 5 unspecified atom stereocenters. The Morgan fingerprint density at radius 2 is 1.62 bits per heavy atom. The predicted molar refractivity (Wildman–Crippen MR) is 110 cm³/mol. The van der Waals surface area contributed by atoms with E-state index < -0.39 is 8.32 Å². The summed E-state index contributed by atoms with van der Waals surface area (Å²) in [4.78, 5) is 12.1. The van der Waals surface area contributed by atoms with E-state index >= 15 is 0 Å². The fraction of sp³-hybridized carbons (Fsp3) is 0.957. The molecule has 0 amide bonds. The standard InChI is InChI=1S/C23H40O2Si/c1-21-12-9-17(24)15-16(21)7-8-18-19(21)10-13-22(2)20(18)11-14-23(22,3)25-26(4,5)6/h16,18-20H,7-15H2,1-6H3/t16-,18?,19?,20?,21?,22?,23+/m0/s1. The molecule has 148 valence electrons. The predicted octanol–water partition coefficient (Wildman–Crippen LogP) is 6.21. The van der Waals surface area contributed by atoms with Crippen molar-refractivity contribution in [2.24, 2.45) is 34.5 Å². The second-order valence-electron chi connectivity index (χ2n) is 11.8. The molecule has 4 rings (SSSR count). The zero-order valence-electron chi connectivity index (χ0n) is 18.0. The van der Waals surface area contributed by atoms with Crippen molar-refractivity contribution in [3.63, 3.8) is 0 Å². The summed E-state index contributed by atoms with van der Waals surface area (Å²) in [5, 5.41) is 0. The van der Waals surface area contributed by atoms with E-state index in [1.807, 2.05) is 0 Å². The molecule has 0 heterocycles. The van der Waals surface area contributed by atoms with E-state index in [4.69, 9.17) is 4.43 Å². The van der Waals surface area contributed by atoms with Crippen LogP contribution in [0.1, 0.15) is 78.6 Å². The monoisotopic (exact) mass is 376 g/mol. The molecular formula is C23H40O2Si. The molecule has 0 spiro atoms. The van der Waals surface area contributed by atoms with E-state index in [1.54, 1.807) is 0 Å². The van der Waals surface area contributed by atoms with Gasteiger partial charge in [-0.1, -0.05) is 13.8 Å². The van der Waals surface area contributed by atoms with Crippen LogP contribution in [0.15, 0.2) is 0 Å². The summed E-state index contributed by atoms with van der Waals surface area (Å²) in [6.45, 7) is 14.6. The van der Waals surface area contributed by atoms with Crippen LogP contribution >= 0.6 is 0 Å². The topological polar surface area (TPSA) is 26.3 Å². The summed E-state index contributed by atoms with van der Waals surface area (Å²) in [6, 6.07) is 0. The third-order valence-corrected chi connectivity index (χ3v) is 10.6. The van der Waals surface area contributed by atoms with Crippen molar-refractivity contribution >= 4 is 14.1 Å². The molecule has 26 heavy (non-hydrogen) atoms. The first-order chi connectivity index (χ1) is 12.0. The number of carbonyl (C=O) groups excluding carboxylic acids is 1. The Hall–Kier alpha value is -0.153. The lowest BCUT2D eigenvalue weighted by Gasteiger charge is -2.61. The summed E-state index contributed by atoms with van der Waals surface area (Å²) < 4.78 is 6.88. The van der Waals surface area contributed by atoms with E-state index in [0.29, 0.717) is 22.5 Å². The van der Waals surface area contributed by atoms with Gasteiger partial charge in [-0.25, -0.2) is 0 Å². The second-order valence-corrected chi connectivity index (χ2v) is 16.3. The highest BCUT2D eigenvalue weighted by Crippen LogP contribution is 2.68. The number of carbonyl (C=O) groups is 1. The van der Waals surface area contributed by atoms with Gasteiger partial charge < -0.3 is 4.43 Å². The van der Waals surface area contributed by atoms with Crippen LogP contribution in [0.2, 0.25) is 19.6 Å². The Kier molecular flexibility index (Phi) is 4.37. The Morgan fingerprint density at radius 1 is 0.923 bits per heavy atom. The Morgan fingerprint density at radius 3 is 2.31 bits per heavy atom. The maximum Gasteiger partial charge on any atom is 0.184 e. The van der Waals surface area contributed by atoms with Gasteiger partial charge >= 0.3 is 0 Å². The average molecular weight is 377 g/mol. The minimum Gasteiger partial charge on any atom is -0.412 e.